The summed E-state index contributed by atoms with van der Waals surface area (Å²) in [5.74, 6) is -19.2. The molecule has 0 radical (unpaired) electrons. The number of aliphatic hydroxyl groups excluding tert-OH is 11. The lowest BCUT2D eigenvalue weighted by Gasteiger charge is -2.53. The molecule has 0 aromatic carbocycles. The summed E-state index contributed by atoms with van der Waals surface area (Å²) < 4.78 is 102. The zero-order valence-corrected chi connectivity index (χ0v) is 85.0. The number of carbonyl (C=O) groups excluding carboxylic acids is 8. The van der Waals surface area contributed by atoms with Crippen LogP contribution >= 0.6 is 15.6 Å². The molecule has 4 fully saturated rings. The van der Waals surface area contributed by atoms with Gasteiger partial charge < -0.3 is 176 Å². The van der Waals surface area contributed by atoms with Gasteiger partial charge in [-0.25, -0.2) is 4.79 Å². The molecule has 0 unspecified atom stereocenters. The van der Waals surface area contributed by atoms with E-state index in [-0.39, 0.29) is 38.5 Å². The van der Waals surface area contributed by atoms with E-state index in [2.05, 4.69) is 24.5 Å². The third-order valence-electron chi connectivity index (χ3n) is 25.9. The Morgan fingerprint density at radius 3 is 1.21 bits per heavy atom. The Kier molecular flexibility index (Phi) is 64.0. The standard InChI is InChI=1S/C96H174N2O40P2/c1-7-13-19-25-29-31-35-41-47-53-77(109)128-66(50-44-38-32-27-21-15-9-3)56-75(107)98-81-89(133-79(111)55-65(102)49-43-37-24-18-12-6)87(137-139(120,121)122)74(63-127-95(93(116)117)59-72(83(113)86(135-95)71(106)61-100)134-96(94(118)119)58-69(104)82(112)85(136-96)70(105)60-99)131-91(81)126-62-73-84(114)88(132-78(110)54-64(101)48-42-36-23-17-11-5)80(92(130-73)138-140(123,124)125)97-76(108)57-67(51-45-39-33-28-22-16-10-4)129-90(115)68(103)52-46-40-34-30-26-20-14-8-2/h64-74,80-89,91-92,99-106,112-114H,7-63H2,1-6H3,(H,97,108)(H,98,107)(H,116,117)(H,118,119)(H2,120,121,122)(H2,123,124,125)/p-6/t64-,65-,66-,67-,68+,69-,70-,71-,72-,73-,74-,80-,81-,82-,83-,84-,85-,86-,87-,88-,89-,91-,92-,95-,96-/m1/s1. The highest BCUT2D eigenvalue weighted by Gasteiger charge is 2.60. The van der Waals surface area contributed by atoms with Crippen LogP contribution < -0.4 is 40.4 Å². The molecule has 4 saturated heterocycles. The lowest BCUT2D eigenvalue weighted by molar-refractivity contribution is -0.420. The van der Waals surface area contributed by atoms with Gasteiger partial charge in [0, 0.05) is 19.3 Å². The van der Waals surface area contributed by atoms with E-state index in [1.807, 2.05) is 27.7 Å². The van der Waals surface area contributed by atoms with Crippen molar-refractivity contribution in [3.05, 3.63) is 0 Å². The van der Waals surface area contributed by atoms with Crippen molar-refractivity contribution in [2.75, 3.05) is 26.4 Å². The molecule has 0 spiro atoms. The zero-order chi connectivity index (χ0) is 104. The number of carboxylic acids is 2. The maximum atomic E-state index is 15.4. The van der Waals surface area contributed by atoms with E-state index in [1.165, 1.54) is 0 Å². The number of hydrogen-bond acceptors (Lipinski definition) is 40. The summed E-state index contributed by atoms with van der Waals surface area (Å²) >= 11 is 0. The predicted octanol–water partition coefficient (Wildman–Crippen LogP) is 4.25. The molecule has 140 heavy (non-hydrogen) atoms. The van der Waals surface area contributed by atoms with E-state index in [0.29, 0.717) is 83.5 Å². The Morgan fingerprint density at radius 2 is 0.786 bits per heavy atom. The number of ether oxygens (including phenoxy) is 11. The summed E-state index contributed by atoms with van der Waals surface area (Å²) in [6.07, 6.45) is -20.8. The number of phosphoric ester groups is 2. The second-order valence-electron chi connectivity index (χ2n) is 38.1. The minimum absolute atomic E-state index is 0.00840. The van der Waals surface area contributed by atoms with Crippen LogP contribution in [-0.4, -0.2) is 282 Å². The summed E-state index contributed by atoms with van der Waals surface area (Å²) in [5, 5.41) is 155. The minimum Gasteiger partial charge on any atom is -0.790 e. The smallest absolute Gasteiger partial charge is 0.335 e. The SMILES string of the molecule is CCCCCCCCCCCC(=O)O[C@H](CCCCCCCCC)CC(=O)N[C@H]1[C@H](OC[C@H]2O[C@H](OP(=O)([O-])[O-])[C@H](NC(=O)C[C@@H](CCCCCCCCC)OC(=O)[C@@H](O)CCCCCCCCCC)[C@@H](OC(=O)C[C@H](O)CCCCCCC)[C@@H]2O)O[C@H](CO[C@]2(C(=O)[O-])C[C@@H](O[C@]3(C(=O)[O-])C[C@@H](O)[C@@H](O)[C@@H]([C@H](O)CO)O3)[C@@H](O)[C@@H]([C@H](O)CO)O2)[C@@H](OP(=O)([O-])[O-])[C@@H]1OC(=O)C[C@H](O)CCCCCCC. The van der Waals surface area contributed by atoms with Crippen molar-refractivity contribution in [1.29, 1.82) is 0 Å². The Bertz CT molecular complexity index is 3540. The van der Waals surface area contributed by atoms with Gasteiger partial charge in [-0.2, -0.15) is 0 Å². The van der Waals surface area contributed by atoms with Gasteiger partial charge in [-0.1, -0.05) is 286 Å². The highest BCUT2D eigenvalue weighted by atomic mass is 31.2. The number of aliphatic carboxylic acids is 2. The molecule has 42 nitrogen and oxygen atoms in total. The fourth-order valence-corrected chi connectivity index (χ4v) is 18.9. The summed E-state index contributed by atoms with van der Waals surface area (Å²) in [7, 11) is -13.2. The summed E-state index contributed by atoms with van der Waals surface area (Å²) in [5.41, 5.74) is 0. The Balaban J connectivity index is 2.06. The van der Waals surface area contributed by atoms with E-state index in [0.717, 1.165) is 180 Å². The second-order valence-corrected chi connectivity index (χ2v) is 40.3. The molecule has 0 aromatic heterocycles. The number of nitrogens with one attached hydrogen (secondary N) is 2. The molecule has 44 heteroatoms. The van der Waals surface area contributed by atoms with Crippen molar-refractivity contribution in [2.45, 2.75) is 534 Å². The first-order valence-corrected chi connectivity index (χ1v) is 54.8. The van der Waals surface area contributed by atoms with Gasteiger partial charge in [0.05, 0.1) is 92.2 Å². The molecular formula is C96H168N2O40P2-6. The number of carbonyl (C=O) groups is 8. The average molecular weight is 2050 g/mol. The van der Waals surface area contributed by atoms with Crippen molar-refractivity contribution < 1.29 is 195 Å². The number of carboxylic acid groups (broad SMARTS) is 2. The van der Waals surface area contributed by atoms with Crippen LogP contribution in [0, 0.1) is 0 Å². The molecule has 0 aliphatic carbocycles. The van der Waals surface area contributed by atoms with Crippen molar-refractivity contribution in [3.8, 4) is 0 Å². The zero-order valence-electron chi connectivity index (χ0n) is 83.2. The third-order valence-corrected chi connectivity index (χ3v) is 26.9. The van der Waals surface area contributed by atoms with E-state index in [4.69, 9.17) is 61.2 Å². The molecule has 25 atom stereocenters. The van der Waals surface area contributed by atoms with Crippen molar-refractivity contribution in [1.82, 2.24) is 10.6 Å². The average Bonchev–Trinajstić information content (AvgIpc) is 0.749. The van der Waals surface area contributed by atoms with Gasteiger partial charge in [0.25, 0.3) is 0 Å². The molecule has 13 N–H and O–H groups in total. The van der Waals surface area contributed by atoms with Gasteiger partial charge in [0.15, 0.2) is 30.9 Å². The summed E-state index contributed by atoms with van der Waals surface area (Å²) in [4.78, 5) is 168. The highest BCUT2D eigenvalue weighted by molar-refractivity contribution is 7.43. The van der Waals surface area contributed by atoms with Crippen LogP contribution in [0.4, 0.5) is 0 Å². The van der Waals surface area contributed by atoms with E-state index >= 15 is 4.79 Å². The number of phosphoric acid groups is 2. The van der Waals surface area contributed by atoms with Crippen LogP contribution in [0.5, 0.6) is 0 Å². The van der Waals surface area contributed by atoms with Gasteiger partial charge in [-0.15, -0.1) is 0 Å². The first kappa shape index (κ1) is 128. The van der Waals surface area contributed by atoms with Crippen LogP contribution in [0.3, 0.4) is 0 Å². The predicted molar refractivity (Wildman–Crippen MR) is 491 cm³/mol. The molecule has 2 amide bonds. The summed E-state index contributed by atoms with van der Waals surface area (Å²) in [6, 6.07) is -4.72. The van der Waals surface area contributed by atoms with E-state index in [9.17, 15) is 129 Å². The van der Waals surface area contributed by atoms with Gasteiger partial charge in [-0.3, -0.25) is 24.0 Å². The van der Waals surface area contributed by atoms with Gasteiger partial charge in [0.1, 0.15) is 97.3 Å². The molecule has 0 bridgehead atoms. The molecule has 4 aliphatic heterocycles. The van der Waals surface area contributed by atoms with Crippen LogP contribution in [0.15, 0.2) is 0 Å². The Hall–Kier alpha value is -4.74. The number of rotatable bonds is 80. The first-order chi connectivity index (χ1) is 66.7. The molecular weight excluding hydrogens is 1880 g/mol. The normalized spacial score (nSPS) is 26.6. The number of hydrogen-bond donors (Lipinski definition) is 13. The molecule has 4 rings (SSSR count). The highest BCUT2D eigenvalue weighted by Crippen LogP contribution is 2.44. The second kappa shape index (κ2) is 70.2. The molecule has 4 aliphatic rings. The number of amides is 2. The van der Waals surface area contributed by atoms with Crippen molar-refractivity contribution >= 4 is 63.3 Å². The topological polar surface area (TPSA) is 676 Å². The lowest BCUT2D eigenvalue weighted by Crippen LogP contribution is -2.71. The maximum absolute atomic E-state index is 15.4. The quantitative estimate of drug-likeness (QED) is 0.0175. The van der Waals surface area contributed by atoms with Crippen LogP contribution in [0.25, 0.3) is 0 Å². The van der Waals surface area contributed by atoms with Crippen LogP contribution in [0.1, 0.15) is 382 Å². The van der Waals surface area contributed by atoms with E-state index in [1.54, 1.807) is 0 Å². The van der Waals surface area contributed by atoms with Crippen LogP contribution in [-0.2, 0) is 109 Å². The lowest BCUT2D eigenvalue weighted by atomic mass is 9.90. The molecule has 0 aromatic rings. The molecule has 0 saturated carbocycles. The van der Waals surface area contributed by atoms with Crippen molar-refractivity contribution in [3.63, 3.8) is 0 Å². The number of aliphatic hydroxyl groups is 11. The fourth-order valence-electron chi connectivity index (χ4n) is 17.9. The first-order valence-electron chi connectivity index (χ1n) is 51.8. The van der Waals surface area contributed by atoms with Crippen LogP contribution in [0.2, 0.25) is 0 Å². The van der Waals surface area contributed by atoms with E-state index < -0.39 is 280 Å². The van der Waals surface area contributed by atoms with Gasteiger partial charge >= 0.3 is 23.9 Å². The largest absolute Gasteiger partial charge is 0.790 e. The fraction of sp³-hybridized carbons (Fsp3) is 0.917. The maximum Gasteiger partial charge on any atom is 0.335 e. The minimum atomic E-state index is -6.70. The summed E-state index contributed by atoms with van der Waals surface area (Å²) in [6.45, 7) is 6.39. The van der Waals surface area contributed by atoms with Gasteiger partial charge in [-0.05, 0) is 51.4 Å². The third kappa shape index (κ3) is 48.9. The number of unbranched alkanes of at least 4 members (excludes halogenated alkanes) is 35. The van der Waals surface area contributed by atoms with Crippen molar-refractivity contribution in [2.24, 2.45) is 0 Å². The molecule has 4 heterocycles. The molecule has 818 valence electrons. The number of esters is 4. The Labute approximate surface area is 825 Å². The van der Waals surface area contributed by atoms with Gasteiger partial charge in [0.2, 0.25) is 23.4 Å². The monoisotopic (exact) mass is 2050 g/mol. The Morgan fingerprint density at radius 1 is 0.407 bits per heavy atom.